The number of morpholine rings is 2. The van der Waals surface area contributed by atoms with Crippen LogP contribution in [0.15, 0.2) is 113 Å². The number of nitrogens with one attached hydrogen (secondary N) is 4. The number of anilines is 10. The molecule has 0 unspecified atom stereocenters. The predicted molar refractivity (Wildman–Crippen MR) is 240 cm³/mol. The first kappa shape index (κ1) is 52.2. The van der Waals surface area contributed by atoms with Crippen molar-refractivity contribution in [1.29, 1.82) is 0 Å². The molecule has 2 aromatic heterocycles. The van der Waals surface area contributed by atoms with Crippen LogP contribution in [0.25, 0.3) is 6.08 Å². The fourth-order valence-corrected chi connectivity index (χ4v) is 7.84. The van der Waals surface area contributed by atoms with E-state index in [0.29, 0.717) is 98.9 Å². The Bertz CT molecular complexity index is 2810. The van der Waals surface area contributed by atoms with Crippen molar-refractivity contribution in [3.63, 3.8) is 0 Å². The number of hydrogen-bond acceptors (Lipinski definition) is 20. The molecule has 20 nitrogen and oxygen atoms in total. The number of allylic oxidation sites excluding steroid dienone is 1. The largest absolute Gasteiger partial charge is 1.00 e. The van der Waals surface area contributed by atoms with E-state index in [1.165, 1.54) is 12.1 Å². The monoisotopic (exact) mass is 954 g/mol. The average Bonchev–Trinajstić information content (AvgIpc) is 3.28. The van der Waals surface area contributed by atoms with Gasteiger partial charge in [0.15, 0.2) is 0 Å². The quantitative estimate of drug-likeness (QED) is 0.0844. The molecule has 8 rings (SSSR count). The van der Waals surface area contributed by atoms with Gasteiger partial charge in [-0.15, -0.1) is 0 Å². The smallest absolute Gasteiger partial charge is 0.744 e. The average molecular weight is 955 g/mol. The van der Waals surface area contributed by atoms with Gasteiger partial charge in [-0.1, -0.05) is 60.7 Å². The molecule has 24 heteroatoms. The van der Waals surface area contributed by atoms with Gasteiger partial charge in [0.2, 0.25) is 35.7 Å². The van der Waals surface area contributed by atoms with E-state index in [0.717, 1.165) is 11.4 Å². The summed E-state index contributed by atoms with van der Waals surface area (Å²) in [6.07, 6.45) is 3.23. The molecule has 2 aliphatic heterocycles. The Morgan fingerprint density at radius 1 is 0.530 bits per heavy atom. The summed E-state index contributed by atoms with van der Waals surface area (Å²) < 4.78 is 80.7. The zero-order valence-corrected chi connectivity index (χ0v) is 42.3. The topological polar surface area (TPSA) is 265 Å². The number of benzene rings is 4. The van der Waals surface area contributed by atoms with Crippen LogP contribution in [0.4, 0.5) is 58.4 Å². The fraction of sp³-hybridized carbons (Fsp3) is 0.238. The second-order valence-corrected chi connectivity index (χ2v) is 16.8. The Labute approximate surface area is 427 Å². The van der Waals surface area contributed by atoms with Crippen molar-refractivity contribution in [1.82, 2.24) is 29.9 Å². The molecule has 0 atom stereocenters. The molecule has 0 spiro atoms. The van der Waals surface area contributed by atoms with Crippen molar-refractivity contribution in [2.24, 2.45) is 0 Å². The Kier molecular flexibility index (Phi) is 19.2. The second kappa shape index (κ2) is 24.3. The van der Waals surface area contributed by atoms with E-state index in [9.17, 15) is 25.9 Å². The first-order chi connectivity index (χ1) is 30.8. The Morgan fingerprint density at radius 2 is 0.909 bits per heavy atom. The summed E-state index contributed by atoms with van der Waals surface area (Å²) >= 11 is 0. The summed E-state index contributed by atoms with van der Waals surface area (Å²) in [5.41, 5.74) is 3.04. The summed E-state index contributed by atoms with van der Waals surface area (Å²) in [5.74, 6) is 1.99. The van der Waals surface area contributed by atoms with Gasteiger partial charge in [0.25, 0.3) is 0 Å². The van der Waals surface area contributed by atoms with Crippen LogP contribution in [0, 0.1) is 6.92 Å². The van der Waals surface area contributed by atoms with Crippen molar-refractivity contribution in [2.45, 2.75) is 23.6 Å². The standard InChI is InChI=1S/C22H24N6O4S.C20H22N6O4S.2Na/c1-2-6-16-9-10-18(15-19(16)33(29,30)31)24-21-25-20(23-17-7-4-3-5-8-17)26-22(27-21)28-11-13-32-14-12-28;1-14-7-8-16(13-17(14)31(27,28)29)22-19-23-18(21-15-5-3-2-4-6-15)24-20(25-19)26-9-11-30-12-10-26;;/h2-10,15H,11-14H2,1H3,(H,29,30,31)(H2,23,24,25,26,27);2-8,13H,9-12H2,1H3,(H,27,28,29)(H2,21,22,23,24,25);;/q;;2*+1/p-2/b6-2+;;;. The van der Waals surface area contributed by atoms with E-state index < -0.39 is 20.2 Å². The zero-order valence-electron chi connectivity index (χ0n) is 36.7. The van der Waals surface area contributed by atoms with Crippen molar-refractivity contribution in [3.05, 3.63) is 114 Å². The van der Waals surface area contributed by atoms with Gasteiger partial charge in [0.1, 0.15) is 20.2 Å². The molecule has 2 saturated heterocycles. The van der Waals surface area contributed by atoms with E-state index in [2.05, 4.69) is 51.2 Å². The summed E-state index contributed by atoms with van der Waals surface area (Å²) in [4.78, 5) is 30.2. The van der Waals surface area contributed by atoms with Gasteiger partial charge >= 0.3 is 59.1 Å². The molecule has 6 aromatic rings. The fourth-order valence-electron chi connectivity index (χ4n) is 6.42. The van der Waals surface area contributed by atoms with Gasteiger partial charge in [-0.05, 0) is 73.5 Å². The molecule has 66 heavy (non-hydrogen) atoms. The molecule has 4 aromatic carbocycles. The van der Waals surface area contributed by atoms with Crippen molar-refractivity contribution < 1.29 is 94.5 Å². The molecule has 4 heterocycles. The van der Waals surface area contributed by atoms with Gasteiger partial charge in [0, 0.05) is 48.9 Å². The third-order valence-corrected chi connectivity index (χ3v) is 11.4. The maximum atomic E-state index is 11.8. The first-order valence-electron chi connectivity index (χ1n) is 20.0. The molecule has 0 aliphatic carbocycles. The van der Waals surface area contributed by atoms with Gasteiger partial charge in [-0.25, -0.2) is 16.8 Å². The normalized spacial score (nSPS) is 13.9. The minimum atomic E-state index is -4.67. The maximum Gasteiger partial charge on any atom is 1.00 e. The minimum Gasteiger partial charge on any atom is -0.744 e. The van der Waals surface area contributed by atoms with Crippen LogP contribution in [0.5, 0.6) is 0 Å². The Hall–Kier alpha value is -4.82. The molecule has 334 valence electrons. The van der Waals surface area contributed by atoms with Crippen LogP contribution >= 0.6 is 0 Å². The van der Waals surface area contributed by atoms with Gasteiger partial charge in [-0.3, -0.25) is 0 Å². The van der Waals surface area contributed by atoms with E-state index >= 15 is 0 Å². The molecular weight excluding hydrogens is 911 g/mol. The van der Waals surface area contributed by atoms with Gasteiger partial charge in [0.05, 0.1) is 36.2 Å². The molecule has 0 amide bonds. The number of hydrogen-bond donors (Lipinski definition) is 4. The second-order valence-electron chi connectivity index (χ2n) is 14.1. The third kappa shape index (κ3) is 14.8. The van der Waals surface area contributed by atoms with E-state index in [-0.39, 0.29) is 80.8 Å². The van der Waals surface area contributed by atoms with Crippen LogP contribution < -0.4 is 90.2 Å². The Morgan fingerprint density at radius 3 is 1.30 bits per heavy atom. The molecule has 2 aliphatic rings. The molecular formula is C42H44N12Na2O8S2. The predicted octanol–water partition coefficient (Wildman–Crippen LogP) is -0.451. The van der Waals surface area contributed by atoms with E-state index in [1.54, 1.807) is 50.3 Å². The first-order valence-corrected chi connectivity index (χ1v) is 22.8. The Balaban J connectivity index is 0.000000241. The van der Waals surface area contributed by atoms with Crippen LogP contribution in [0.3, 0.4) is 0 Å². The third-order valence-electron chi connectivity index (χ3n) is 9.49. The molecule has 0 bridgehead atoms. The molecule has 2 fully saturated rings. The summed E-state index contributed by atoms with van der Waals surface area (Å²) in [6.45, 7) is 8.10. The van der Waals surface area contributed by atoms with Gasteiger partial charge in [-0.2, -0.15) is 29.9 Å². The number of para-hydroxylation sites is 2. The number of aromatic nitrogens is 6. The van der Waals surface area contributed by atoms with Crippen LogP contribution in [0.1, 0.15) is 18.1 Å². The van der Waals surface area contributed by atoms with Crippen LogP contribution in [-0.2, 0) is 29.7 Å². The van der Waals surface area contributed by atoms with Crippen LogP contribution in [-0.4, -0.2) is 108 Å². The summed E-state index contributed by atoms with van der Waals surface area (Å²) in [7, 11) is -9.27. The summed E-state index contributed by atoms with van der Waals surface area (Å²) in [6, 6.07) is 27.9. The molecule has 4 N–H and O–H groups in total. The molecule has 0 saturated carbocycles. The zero-order chi connectivity index (χ0) is 45.1. The SMILES string of the molecule is C/C=C/c1ccc(Nc2nc(Nc3ccccc3)nc(N3CCOCC3)n2)cc1S(=O)(=O)[O-].Cc1ccc(Nc2nc(Nc3ccccc3)nc(N3CCOCC3)n2)cc1S(=O)(=O)[O-].[Na+].[Na+]. The van der Waals surface area contributed by atoms with Crippen molar-refractivity contribution in [2.75, 3.05) is 83.7 Å². The minimum absolute atomic E-state index is 0. The van der Waals surface area contributed by atoms with E-state index in [4.69, 9.17) is 9.47 Å². The maximum absolute atomic E-state index is 11.8. The number of ether oxygens (including phenoxy) is 2. The van der Waals surface area contributed by atoms with Crippen LogP contribution in [0.2, 0.25) is 0 Å². The number of aryl methyl sites for hydroxylation is 1. The van der Waals surface area contributed by atoms with Crippen molar-refractivity contribution >= 4 is 84.8 Å². The number of nitrogens with zero attached hydrogens (tertiary/aromatic N) is 8. The summed E-state index contributed by atoms with van der Waals surface area (Å²) in [5, 5.41) is 12.3. The van der Waals surface area contributed by atoms with E-state index in [1.807, 2.05) is 70.5 Å². The molecule has 0 radical (unpaired) electrons. The van der Waals surface area contributed by atoms with Crippen molar-refractivity contribution in [3.8, 4) is 0 Å². The number of rotatable bonds is 13. The van der Waals surface area contributed by atoms with Gasteiger partial charge < -0.3 is 49.6 Å².